The van der Waals surface area contributed by atoms with E-state index in [0.717, 1.165) is 26.2 Å². The minimum atomic E-state index is -0.00571. The molecule has 5 heteroatoms. The van der Waals surface area contributed by atoms with Crippen molar-refractivity contribution in [2.24, 2.45) is 5.41 Å². The Bertz CT molecular complexity index is 819. The van der Waals surface area contributed by atoms with Crippen LogP contribution >= 0.6 is 0 Å². The molecular weight excluding hydrogens is 384 g/mol. The highest BCUT2D eigenvalue weighted by molar-refractivity contribution is 5.76. The van der Waals surface area contributed by atoms with Crippen LogP contribution in [0.3, 0.4) is 0 Å². The Labute approximate surface area is 188 Å². The van der Waals surface area contributed by atoms with Crippen molar-refractivity contribution in [3.8, 4) is 0 Å². The molecule has 1 fully saturated rings. The van der Waals surface area contributed by atoms with Gasteiger partial charge in [-0.15, -0.1) is 0 Å². The summed E-state index contributed by atoms with van der Waals surface area (Å²) in [7, 11) is 4.12. The van der Waals surface area contributed by atoms with E-state index in [0.29, 0.717) is 13.0 Å². The number of anilines is 2. The highest BCUT2D eigenvalue weighted by Gasteiger charge is 2.26. The summed E-state index contributed by atoms with van der Waals surface area (Å²) in [5.41, 5.74) is 3.73. The number of nitrogens with one attached hydrogen (secondary N) is 1. The van der Waals surface area contributed by atoms with Gasteiger partial charge in [0.05, 0.1) is 6.04 Å². The predicted molar refractivity (Wildman–Crippen MR) is 131 cm³/mol. The molecule has 31 heavy (non-hydrogen) atoms. The molecule has 3 rings (SSSR count). The molecule has 0 unspecified atom stereocenters. The molecular formula is C26H38N4O. The molecule has 0 saturated carbocycles. The summed E-state index contributed by atoms with van der Waals surface area (Å²) >= 11 is 0. The van der Waals surface area contributed by atoms with E-state index in [1.54, 1.807) is 0 Å². The van der Waals surface area contributed by atoms with Crippen LogP contribution in [0.4, 0.5) is 11.4 Å². The van der Waals surface area contributed by atoms with Gasteiger partial charge in [0.15, 0.2) is 0 Å². The fraction of sp³-hybridized carbons (Fsp3) is 0.500. The molecule has 5 nitrogen and oxygen atoms in total. The lowest BCUT2D eigenvalue weighted by molar-refractivity contribution is -0.123. The maximum atomic E-state index is 12.5. The highest BCUT2D eigenvalue weighted by atomic mass is 16.1. The summed E-state index contributed by atoms with van der Waals surface area (Å²) in [6, 6.07) is 19.5. The number of nitrogens with zero attached hydrogens (tertiary/aromatic N) is 3. The third-order valence-corrected chi connectivity index (χ3v) is 5.85. The minimum absolute atomic E-state index is 0.00571. The van der Waals surface area contributed by atoms with Gasteiger partial charge in [-0.25, -0.2) is 0 Å². The zero-order valence-corrected chi connectivity index (χ0v) is 19.8. The third kappa shape index (κ3) is 6.73. The molecule has 1 aliphatic heterocycles. The maximum Gasteiger partial charge on any atom is 0.220 e. The zero-order valence-electron chi connectivity index (χ0n) is 19.8. The van der Waals surface area contributed by atoms with Crippen molar-refractivity contribution < 1.29 is 4.79 Å². The number of hydrogen-bond donors (Lipinski definition) is 1. The van der Waals surface area contributed by atoms with Gasteiger partial charge >= 0.3 is 0 Å². The molecule has 0 aliphatic carbocycles. The summed E-state index contributed by atoms with van der Waals surface area (Å²) in [4.78, 5) is 19.6. The van der Waals surface area contributed by atoms with E-state index in [-0.39, 0.29) is 17.4 Å². The maximum absolute atomic E-state index is 12.5. The molecule has 2 aromatic rings. The molecule has 1 aliphatic rings. The lowest BCUT2D eigenvalue weighted by Crippen LogP contribution is -2.50. The lowest BCUT2D eigenvalue weighted by atomic mass is 9.92. The van der Waals surface area contributed by atoms with Gasteiger partial charge in [0.25, 0.3) is 0 Å². The summed E-state index contributed by atoms with van der Waals surface area (Å²) in [5.74, 6) is 0.130. The van der Waals surface area contributed by atoms with Crippen molar-refractivity contribution in [1.82, 2.24) is 10.2 Å². The molecule has 1 N–H and O–H groups in total. The first-order valence-corrected chi connectivity index (χ1v) is 11.3. The van der Waals surface area contributed by atoms with E-state index in [1.807, 2.05) is 0 Å². The van der Waals surface area contributed by atoms with Crippen molar-refractivity contribution in [3.63, 3.8) is 0 Å². The molecule has 1 saturated heterocycles. The predicted octanol–water partition coefficient (Wildman–Crippen LogP) is 4.17. The highest BCUT2D eigenvalue weighted by Crippen LogP contribution is 2.26. The molecule has 1 atom stereocenters. The summed E-state index contributed by atoms with van der Waals surface area (Å²) in [5, 5.41) is 3.21. The fourth-order valence-corrected chi connectivity index (χ4v) is 4.14. The smallest absolute Gasteiger partial charge is 0.220 e. The number of para-hydroxylation sites is 1. The Balaban J connectivity index is 1.70. The van der Waals surface area contributed by atoms with Crippen LogP contribution in [-0.4, -0.2) is 57.6 Å². The first kappa shape index (κ1) is 23.1. The largest absolute Gasteiger partial charge is 0.378 e. The van der Waals surface area contributed by atoms with Gasteiger partial charge in [0, 0.05) is 64.6 Å². The lowest BCUT2D eigenvalue weighted by Gasteiger charge is -2.40. The van der Waals surface area contributed by atoms with E-state index in [4.69, 9.17) is 0 Å². The van der Waals surface area contributed by atoms with Crippen LogP contribution in [0.15, 0.2) is 54.6 Å². The van der Waals surface area contributed by atoms with Crippen LogP contribution in [0.25, 0.3) is 0 Å². The van der Waals surface area contributed by atoms with Crippen molar-refractivity contribution in [2.75, 3.05) is 56.6 Å². The van der Waals surface area contributed by atoms with Gasteiger partial charge in [-0.1, -0.05) is 51.1 Å². The van der Waals surface area contributed by atoms with Crippen LogP contribution in [0.5, 0.6) is 0 Å². The molecule has 168 valence electrons. The molecule has 2 aromatic carbocycles. The van der Waals surface area contributed by atoms with Gasteiger partial charge in [-0.2, -0.15) is 0 Å². The summed E-state index contributed by atoms with van der Waals surface area (Å²) in [6.45, 7) is 10.9. The van der Waals surface area contributed by atoms with Crippen molar-refractivity contribution in [3.05, 3.63) is 60.2 Å². The normalized spacial score (nSPS) is 16.1. The van der Waals surface area contributed by atoms with Gasteiger partial charge in [0.1, 0.15) is 0 Å². The number of hydrogen-bond acceptors (Lipinski definition) is 4. The van der Waals surface area contributed by atoms with Crippen molar-refractivity contribution in [1.29, 1.82) is 0 Å². The van der Waals surface area contributed by atoms with Crippen LogP contribution in [0, 0.1) is 5.41 Å². The SMILES string of the molecule is CN(C)c1ccc([C@H](CNC(=O)CC(C)(C)C)N2CCN(c3ccccc3)CC2)cc1. The second-order valence-corrected chi connectivity index (χ2v) is 9.90. The standard InChI is InChI=1S/C26H38N4O/c1-26(2,3)19-25(31)27-20-24(21-11-13-22(14-12-21)28(4)5)30-17-15-29(16-18-30)23-9-7-6-8-10-23/h6-14,24H,15-20H2,1-5H3,(H,27,31)/t24-/m0/s1. The first-order valence-electron chi connectivity index (χ1n) is 11.3. The molecule has 1 amide bonds. The van der Waals surface area contributed by atoms with E-state index in [2.05, 4.69) is 109 Å². The van der Waals surface area contributed by atoms with Crippen molar-refractivity contribution >= 4 is 17.3 Å². The summed E-state index contributed by atoms with van der Waals surface area (Å²) < 4.78 is 0. The van der Waals surface area contributed by atoms with Gasteiger partial charge in [0.2, 0.25) is 5.91 Å². The average Bonchev–Trinajstić information content (AvgIpc) is 2.74. The molecule has 0 spiro atoms. The average molecular weight is 423 g/mol. The summed E-state index contributed by atoms with van der Waals surface area (Å²) in [6.07, 6.45) is 0.543. The van der Waals surface area contributed by atoms with Crippen LogP contribution < -0.4 is 15.1 Å². The van der Waals surface area contributed by atoms with Gasteiger partial charge < -0.3 is 15.1 Å². The topological polar surface area (TPSA) is 38.8 Å². The van der Waals surface area contributed by atoms with Crippen LogP contribution in [-0.2, 0) is 4.79 Å². The number of amides is 1. The number of rotatable bonds is 7. The molecule has 1 heterocycles. The third-order valence-electron chi connectivity index (χ3n) is 5.85. The fourth-order valence-electron chi connectivity index (χ4n) is 4.14. The number of carbonyl (C=O) groups is 1. The minimum Gasteiger partial charge on any atom is -0.378 e. The number of piperazine rings is 1. The van der Waals surface area contributed by atoms with E-state index < -0.39 is 0 Å². The molecule has 0 aromatic heterocycles. The Morgan fingerprint density at radius 1 is 0.968 bits per heavy atom. The van der Waals surface area contributed by atoms with E-state index >= 15 is 0 Å². The number of benzene rings is 2. The Kier molecular flexibility index (Phi) is 7.60. The van der Waals surface area contributed by atoms with E-state index in [9.17, 15) is 4.79 Å². The van der Waals surface area contributed by atoms with Gasteiger partial charge in [-0.3, -0.25) is 9.69 Å². The second-order valence-electron chi connectivity index (χ2n) is 9.90. The second kappa shape index (κ2) is 10.2. The van der Waals surface area contributed by atoms with Crippen LogP contribution in [0.2, 0.25) is 0 Å². The Hall–Kier alpha value is -2.53. The van der Waals surface area contributed by atoms with Crippen molar-refractivity contribution in [2.45, 2.75) is 33.2 Å². The van der Waals surface area contributed by atoms with E-state index in [1.165, 1.54) is 16.9 Å². The monoisotopic (exact) mass is 422 g/mol. The quantitative estimate of drug-likeness (QED) is 0.727. The first-order chi connectivity index (χ1) is 14.7. The Morgan fingerprint density at radius 2 is 1.58 bits per heavy atom. The Morgan fingerprint density at radius 3 is 2.13 bits per heavy atom. The molecule has 0 radical (unpaired) electrons. The van der Waals surface area contributed by atoms with Crippen LogP contribution in [0.1, 0.15) is 38.8 Å². The number of carbonyl (C=O) groups excluding carboxylic acids is 1. The zero-order chi connectivity index (χ0) is 22.4. The van der Waals surface area contributed by atoms with Gasteiger partial charge in [-0.05, 0) is 35.2 Å². The molecule has 0 bridgehead atoms.